The summed E-state index contributed by atoms with van der Waals surface area (Å²) in [5, 5.41) is 58.4. The van der Waals surface area contributed by atoms with Crippen molar-refractivity contribution >= 4 is 23.1 Å². The smallest absolute Gasteiger partial charge is 0.234 e. The molecule has 38 heavy (non-hydrogen) atoms. The maximum Gasteiger partial charge on any atom is 0.234 e. The maximum absolute atomic E-state index is 13.2. The molecule has 0 saturated carbocycles. The Morgan fingerprint density at radius 2 is 0.763 bits per heavy atom. The molecule has 190 valence electrons. The van der Waals surface area contributed by atoms with Gasteiger partial charge in [0.25, 0.3) is 0 Å². The predicted molar refractivity (Wildman–Crippen MR) is 132 cm³/mol. The van der Waals surface area contributed by atoms with E-state index >= 15 is 0 Å². The largest absolute Gasteiger partial charge is 0.508 e. The first-order valence-corrected chi connectivity index (χ1v) is 10.9. The zero-order valence-corrected chi connectivity index (χ0v) is 19.2. The number of aromatic hydroxyl groups is 6. The third-order valence-corrected chi connectivity index (χ3v) is 5.67. The number of carbonyl (C=O) groups excluding carboxylic acids is 4. The van der Waals surface area contributed by atoms with Gasteiger partial charge in [-0.25, -0.2) is 0 Å². The van der Waals surface area contributed by atoms with Crippen LogP contribution >= 0.6 is 0 Å². The third kappa shape index (κ3) is 4.73. The van der Waals surface area contributed by atoms with E-state index in [9.17, 15) is 49.8 Å². The standard InChI is InChI=1S/C28H18O10/c29-15-3-5-17(19(11-15)27(37)25(35)13-1-7-21(31)23(33)9-13)18-6-4-16(30)12-20(18)28(38)26(36)14-2-8-22(32)24(34)10-14/h1-12,29-34H. The van der Waals surface area contributed by atoms with E-state index < -0.39 is 46.1 Å². The van der Waals surface area contributed by atoms with Crippen LogP contribution in [-0.4, -0.2) is 53.8 Å². The van der Waals surface area contributed by atoms with Crippen LogP contribution < -0.4 is 0 Å². The highest BCUT2D eigenvalue weighted by molar-refractivity contribution is 6.51. The minimum atomic E-state index is -1.14. The topological polar surface area (TPSA) is 190 Å². The van der Waals surface area contributed by atoms with Crippen LogP contribution in [0.2, 0.25) is 0 Å². The Bertz CT molecular complexity index is 1530. The molecule has 0 aliphatic heterocycles. The summed E-state index contributed by atoms with van der Waals surface area (Å²) in [7, 11) is 0. The quantitative estimate of drug-likeness (QED) is 0.120. The number of rotatable bonds is 7. The van der Waals surface area contributed by atoms with E-state index in [1.807, 2.05) is 0 Å². The third-order valence-electron chi connectivity index (χ3n) is 5.67. The maximum atomic E-state index is 13.2. The molecule has 4 aromatic rings. The van der Waals surface area contributed by atoms with E-state index in [2.05, 4.69) is 0 Å². The summed E-state index contributed by atoms with van der Waals surface area (Å²) in [6, 6.07) is 12.8. The summed E-state index contributed by atoms with van der Waals surface area (Å²) in [6.07, 6.45) is 0. The van der Waals surface area contributed by atoms with E-state index in [0.29, 0.717) is 0 Å². The second-order valence-electron chi connectivity index (χ2n) is 8.18. The van der Waals surface area contributed by atoms with Gasteiger partial charge < -0.3 is 30.6 Å². The van der Waals surface area contributed by atoms with Gasteiger partial charge in [0.05, 0.1) is 0 Å². The molecule has 0 fully saturated rings. The number of ketones is 4. The van der Waals surface area contributed by atoms with Crippen molar-refractivity contribution in [2.45, 2.75) is 0 Å². The molecule has 10 nitrogen and oxygen atoms in total. The highest BCUT2D eigenvalue weighted by Crippen LogP contribution is 2.34. The molecular weight excluding hydrogens is 496 g/mol. The second kappa shape index (κ2) is 9.78. The molecule has 0 heterocycles. The van der Waals surface area contributed by atoms with Gasteiger partial charge in [-0.3, -0.25) is 19.2 Å². The summed E-state index contributed by atoms with van der Waals surface area (Å²) in [5.41, 5.74) is -1.29. The van der Waals surface area contributed by atoms with Crippen molar-refractivity contribution in [3.8, 4) is 45.6 Å². The van der Waals surface area contributed by atoms with Gasteiger partial charge in [-0.15, -0.1) is 0 Å². The van der Waals surface area contributed by atoms with Gasteiger partial charge in [-0.05, 0) is 83.9 Å². The Morgan fingerprint density at radius 3 is 1.11 bits per heavy atom. The van der Waals surface area contributed by atoms with E-state index in [-0.39, 0.29) is 44.9 Å². The van der Waals surface area contributed by atoms with Crippen molar-refractivity contribution in [2.24, 2.45) is 0 Å². The molecule has 10 heteroatoms. The normalized spacial score (nSPS) is 10.6. The van der Waals surface area contributed by atoms with Crippen LogP contribution in [0.25, 0.3) is 11.1 Å². The summed E-state index contributed by atoms with van der Waals surface area (Å²) >= 11 is 0. The number of phenolic OH excluding ortho intramolecular Hbond substituents is 6. The molecule has 0 aromatic heterocycles. The zero-order chi connectivity index (χ0) is 27.7. The van der Waals surface area contributed by atoms with Crippen molar-refractivity contribution in [2.75, 3.05) is 0 Å². The SMILES string of the molecule is O=C(C(=O)c1cc(O)ccc1-c1ccc(O)cc1C(=O)C(=O)c1ccc(O)c(O)c1)c1ccc(O)c(O)c1. The summed E-state index contributed by atoms with van der Waals surface area (Å²) in [6.45, 7) is 0. The number of hydrogen-bond donors (Lipinski definition) is 6. The van der Waals surface area contributed by atoms with Gasteiger partial charge in [0.1, 0.15) is 11.5 Å². The first-order chi connectivity index (χ1) is 18.0. The van der Waals surface area contributed by atoms with E-state index in [1.165, 1.54) is 24.3 Å². The molecule has 0 radical (unpaired) electrons. The van der Waals surface area contributed by atoms with E-state index in [4.69, 9.17) is 0 Å². The average Bonchev–Trinajstić information content (AvgIpc) is 2.90. The molecule has 0 aliphatic rings. The first-order valence-electron chi connectivity index (χ1n) is 10.9. The highest BCUT2D eigenvalue weighted by Gasteiger charge is 2.28. The van der Waals surface area contributed by atoms with E-state index in [0.717, 1.165) is 48.5 Å². The molecule has 0 saturated heterocycles. The highest BCUT2D eigenvalue weighted by atomic mass is 16.3. The molecular formula is C28H18O10. The van der Waals surface area contributed by atoms with Crippen molar-refractivity contribution < 1.29 is 49.8 Å². The van der Waals surface area contributed by atoms with Gasteiger partial charge in [-0.1, -0.05) is 0 Å². The fraction of sp³-hybridized carbons (Fsp3) is 0. The zero-order valence-electron chi connectivity index (χ0n) is 19.2. The summed E-state index contributed by atoms with van der Waals surface area (Å²) in [5.74, 6) is -7.54. The van der Waals surface area contributed by atoms with Crippen molar-refractivity contribution in [1.82, 2.24) is 0 Å². The minimum Gasteiger partial charge on any atom is -0.508 e. The average molecular weight is 514 g/mol. The van der Waals surface area contributed by atoms with Gasteiger partial charge in [-0.2, -0.15) is 0 Å². The molecule has 0 amide bonds. The lowest BCUT2D eigenvalue weighted by Crippen LogP contribution is -2.18. The Balaban J connectivity index is 1.82. The molecule has 0 spiro atoms. The molecule has 0 aliphatic carbocycles. The molecule has 0 unspecified atom stereocenters. The van der Waals surface area contributed by atoms with Crippen LogP contribution in [0.15, 0.2) is 72.8 Å². The van der Waals surface area contributed by atoms with Crippen LogP contribution in [0.5, 0.6) is 34.5 Å². The van der Waals surface area contributed by atoms with Crippen LogP contribution in [-0.2, 0) is 0 Å². The molecule has 0 bridgehead atoms. The lowest BCUT2D eigenvalue weighted by atomic mass is 9.88. The van der Waals surface area contributed by atoms with Gasteiger partial charge in [0.2, 0.25) is 23.1 Å². The minimum absolute atomic E-state index is 0.0335. The van der Waals surface area contributed by atoms with Crippen molar-refractivity contribution in [1.29, 1.82) is 0 Å². The summed E-state index contributed by atoms with van der Waals surface area (Å²) in [4.78, 5) is 52.2. The Morgan fingerprint density at radius 1 is 0.395 bits per heavy atom. The lowest BCUT2D eigenvalue weighted by Gasteiger charge is -2.14. The van der Waals surface area contributed by atoms with Gasteiger partial charge >= 0.3 is 0 Å². The molecule has 0 atom stereocenters. The van der Waals surface area contributed by atoms with Crippen LogP contribution in [0.3, 0.4) is 0 Å². The number of Topliss-reactive ketones (excluding diaryl/α,β-unsaturated/α-hetero) is 4. The molecule has 6 N–H and O–H groups in total. The number of benzene rings is 4. The van der Waals surface area contributed by atoms with Crippen LogP contribution in [0.1, 0.15) is 41.4 Å². The number of carbonyl (C=O) groups is 4. The van der Waals surface area contributed by atoms with Gasteiger partial charge in [0.15, 0.2) is 23.0 Å². The first kappa shape index (κ1) is 25.5. The Labute approximate surface area is 213 Å². The lowest BCUT2D eigenvalue weighted by molar-refractivity contribution is 0.0816. The molecule has 4 rings (SSSR count). The monoisotopic (exact) mass is 514 g/mol. The van der Waals surface area contributed by atoms with Crippen molar-refractivity contribution in [3.05, 3.63) is 95.1 Å². The fourth-order valence-corrected chi connectivity index (χ4v) is 3.75. The van der Waals surface area contributed by atoms with Crippen LogP contribution in [0.4, 0.5) is 0 Å². The number of hydrogen-bond acceptors (Lipinski definition) is 10. The Kier molecular flexibility index (Phi) is 6.55. The number of phenols is 6. The second-order valence-corrected chi connectivity index (χ2v) is 8.18. The molecule has 4 aromatic carbocycles. The van der Waals surface area contributed by atoms with E-state index in [1.54, 1.807) is 0 Å². The van der Waals surface area contributed by atoms with Crippen molar-refractivity contribution in [3.63, 3.8) is 0 Å². The fourth-order valence-electron chi connectivity index (χ4n) is 3.75. The Hall–Kier alpha value is -5.64. The van der Waals surface area contributed by atoms with Crippen LogP contribution in [0, 0.1) is 0 Å². The predicted octanol–water partition coefficient (Wildman–Crippen LogP) is 3.72. The summed E-state index contributed by atoms with van der Waals surface area (Å²) < 4.78 is 0. The van der Waals surface area contributed by atoms with Gasteiger partial charge in [0, 0.05) is 22.3 Å².